The summed E-state index contributed by atoms with van der Waals surface area (Å²) in [6.45, 7) is 1.46. The first-order valence-electron chi connectivity index (χ1n) is 6.48. The van der Waals surface area contributed by atoms with Crippen LogP contribution in [-0.4, -0.2) is 36.6 Å². The second-order valence-electron chi connectivity index (χ2n) is 5.17. The average molecular weight is 317 g/mol. The number of carbonyl (C=O) groups is 1. The predicted octanol–water partition coefficient (Wildman–Crippen LogP) is 2.46. The number of ether oxygens (including phenoxy) is 1. The van der Waals surface area contributed by atoms with Gasteiger partial charge in [-0.2, -0.15) is 0 Å². The molecule has 6 heteroatoms. The quantitative estimate of drug-likeness (QED) is 0.932. The highest BCUT2D eigenvalue weighted by Gasteiger charge is 2.37. The van der Waals surface area contributed by atoms with Crippen molar-refractivity contribution in [1.82, 2.24) is 4.90 Å². The molecule has 0 atom stereocenters. The van der Waals surface area contributed by atoms with E-state index in [2.05, 4.69) is 0 Å². The van der Waals surface area contributed by atoms with Gasteiger partial charge >= 0.3 is 0 Å². The standard InChI is InChI=1S/C14H18Cl2N2O2/c1-18(9-10-2-3-11(15)8-12(10)16)13(19)14(17)4-6-20-7-5-14/h2-3,8H,4-7,9,17H2,1H3. The molecule has 0 aliphatic carbocycles. The first-order valence-corrected chi connectivity index (χ1v) is 7.24. The predicted molar refractivity (Wildman–Crippen MR) is 79.9 cm³/mol. The van der Waals surface area contributed by atoms with Gasteiger partial charge in [0.05, 0.1) is 5.54 Å². The Balaban J connectivity index is 2.07. The Morgan fingerprint density at radius 2 is 2.05 bits per heavy atom. The van der Waals surface area contributed by atoms with Crippen LogP contribution in [-0.2, 0) is 16.1 Å². The first kappa shape index (κ1) is 15.6. The molecule has 0 spiro atoms. The maximum absolute atomic E-state index is 12.5. The number of likely N-dealkylation sites (N-methyl/N-ethyl adjacent to an activating group) is 1. The van der Waals surface area contributed by atoms with Crippen LogP contribution in [0, 0.1) is 0 Å². The van der Waals surface area contributed by atoms with Gasteiger partial charge in [-0.1, -0.05) is 29.3 Å². The number of rotatable bonds is 3. The molecular formula is C14H18Cl2N2O2. The van der Waals surface area contributed by atoms with Crippen LogP contribution >= 0.6 is 23.2 Å². The maximum Gasteiger partial charge on any atom is 0.242 e. The Kier molecular flexibility index (Phi) is 4.91. The van der Waals surface area contributed by atoms with Crippen LogP contribution in [0.1, 0.15) is 18.4 Å². The molecular weight excluding hydrogens is 299 g/mol. The molecule has 2 N–H and O–H groups in total. The third kappa shape index (κ3) is 3.44. The molecule has 1 saturated heterocycles. The first-order chi connectivity index (χ1) is 9.42. The lowest BCUT2D eigenvalue weighted by Crippen LogP contribution is -2.57. The molecule has 1 aromatic carbocycles. The summed E-state index contributed by atoms with van der Waals surface area (Å²) in [5.74, 6) is -0.0770. The lowest BCUT2D eigenvalue weighted by molar-refractivity contribution is -0.139. The number of amides is 1. The van der Waals surface area contributed by atoms with Crippen molar-refractivity contribution in [1.29, 1.82) is 0 Å². The van der Waals surface area contributed by atoms with Gasteiger partial charge in [0.2, 0.25) is 5.91 Å². The van der Waals surface area contributed by atoms with E-state index in [9.17, 15) is 4.79 Å². The molecule has 1 aliphatic heterocycles. The fourth-order valence-electron chi connectivity index (χ4n) is 2.31. The number of hydrogen-bond acceptors (Lipinski definition) is 3. The molecule has 1 amide bonds. The summed E-state index contributed by atoms with van der Waals surface area (Å²) >= 11 is 12.0. The van der Waals surface area contributed by atoms with Crippen LogP contribution in [0.25, 0.3) is 0 Å². The van der Waals surface area contributed by atoms with Crippen molar-refractivity contribution < 1.29 is 9.53 Å². The van der Waals surface area contributed by atoms with E-state index in [0.717, 1.165) is 5.56 Å². The third-order valence-electron chi connectivity index (χ3n) is 3.58. The van der Waals surface area contributed by atoms with E-state index in [0.29, 0.717) is 42.6 Å². The highest BCUT2D eigenvalue weighted by Crippen LogP contribution is 2.24. The second-order valence-corrected chi connectivity index (χ2v) is 6.01. The van der Waals surface area contributed by atoms with Gasteiger partial charge in [-0.3, -0.25) is 4.79 Å². The molecule has 0 radical (unpaired) electrons. The lowest BCUT2D eigenvalue weighted by Gasteiger charge is -2.35. The minimum Gasteiger partial charge on any atom is -0.381 e. The van der Waals surface area contributed by atoms with Gasteiger partial charge in [0.15, 0.2) is 0 Å². The van der Waals surface area contributed by atoms with E-state index >= 15 is 0 Å². The van der Waals surface area contributed by atoms with Crippen LogP contribution in [0.5, 0.6) is 0 Å². The number of halogens is 2. The average Bonchev–Trinajstić information content (AvgIpc) is 2.42. The maximum atomic E-state index is 12.5. The number of carbonyl (C=O) groups excluding carboxylic acids is 1. The third-order valence-corrected chi connectivity index (χ3v) is 4.17. The summed E-state index contributed by atoms with van der Waals surface area (Å²) in [6.07, 6.45) is 1.09. The highest BCUT2D eigenvalue weighted by molar-refractivity contribution is 6.35. The number of nitrogens with zero attached hydrogens (tertiary/aromatic N) is 1. The van der Waals surface area contributed by atoms with Gasteiger partial charge in [0.25, 0.3) is 0 Å². The Labute approximate surface area is 128 Å². The summed E-state index contributed by atoms with van der Waals surface area (Å²) in [5.41, 5.74) is 6.22. The normalized spacial score (nSPS) is 17.8. The van der Waals surface area contributed by atoms with Crippen molar-refractivity contribution in [2.45, 2.75) is 24.9 Å². The van der Waals surface area contributed by atoms with Crippen LogP contribution < -0.4 is 5.73 Å². The molecule has 1 aromatic rings. The molecule has 0 unspecified atom stereocenters. The van der Waals surface area contributed by atoms with Crippen molar-refractivity contribution >= 4 is 29.1 Å². The second kappa shape index (κ2) is 6.31. The monoisotopic (exact) mass is 316 g/mol. The Morgan fingerprint density at radius 3 is 2.65 bits per heavy atom. The summed E-state index contributed by atoms with van der Waals surface area (Å²) in [6, 6.07) is 5.25. The summed E-state index contributed by atoms with van der Waals surface area (Å²) in [7, 11) is 1.73. The molecule has 1 fully saturated rings. The van der Waals surface area contributed by atoms with Crippen LogP contribution in [0.3, 0.4) is 0 Å². The lowest BCUT2D eigenvalue weighted by atomic mass is 9.89. The highest BCUT2D eigenvalue weighted by atomic mass is 35.5. The molecule has 1 heterocycles. The molecule has 2 rings (SSSR count). The van der Waals surface area contributed by atoms with Crippen LogP contribution in [0.4, 0.5) is 0 Å². The fourth-order valence-corrected chi connectivity index (χ4v) is 2.78. The zero-order chi connectivity index (χ0) is 14.8. The minimum atomic E-state index is -0.827. The number of benzene rings is 1. The summed E-state index contributed by atoms with van der Waals surface area (Å²) in [5, 5.41) is 1.13. The molecule has 0 saturated carbocycles. The molecule has 1 aliphatic rings. The van der Waals surface area contributed by atoms with E-state index in [4.69, 9.17) is 33.7 Å². The van der Waals surface area contributed by atoms with E-state index in [-0.39, 0.29) is 5.91 Å². The summed E-state index contributed by atoms with van der Waals surface area (Å²) in [4.78, 5) is 14.1. The molecule has 0 bridgehead atoms. The Morgan fingerprint density at radius 1 is 1.40 bits per heavy atom. The SMILES string of the molecule is CN(Cc1ccc(Cl)cc1Cl)C(=O)C1(N)CCOCC1. The number of hydrogen-bond donors (Lipinski definition) is 1. The van der Waals surface area contributed by atoms with Crippen molar-refractivity contribution in [3.05, 3.63) is 33.8 Å². The van der Waals surface area contributed by atoms with Gasteiger partial charge in [-0.05, 0) is 30.5 Å². The molecule has 20 heavy (non-hydrogen) atoms. The van der Waals surface area contributed by atoms with Crippen molar-refractivity contribution in [2.75, 3.05) is 20.3 Å². The number of nitrogens with two attached hydrogens (primary N) is 1. The topological polar surface area (TPSA) is 55.6 Å². The molecule has 4 nitrogen and oxygen atoms in total. The van der Waals surface area contributed by atoms with Gasteiger partial charge in [0, 0.05) is 36.9 Å². The van der Waals surface area contributed by atoms with E-state index < -0.39 is 5.54 Å². The molecule has 110 valence electrons. The van der Waals surface area contributed by atoms with Crippen molar-refractivity contribution in [3.63, 3.8) is 0 Å². The minimum absolute atomic E-state index is 0.0770. The zero-order valence-corrected chi connectivity index (χ0v) is 12.9. The fraction of sp³-hybridized carbons (Fsp3) is 0.500. The van der Waals surface area contributed by atoms with Crippen LogP contribution in [0.15, 0.2) is 18.2 Å². The van der Waals surface area contributed by atoms with Crippen molar-refractivity contribution in [2.24, 2.45) is 5.73 Å². The van der Waals surface area contributed by atoms with E-state index in [1.165, 1.54) is 0 Å². The molecule has 0 aromatic heterocycles. The smallest absolute Gasteiger partial charge is 0.242 e. The van der Waals surface area contributed by atoms with E-state index in [1.807, 2.05) is 6.07 Å². The van der Waals surface area contributed by atoms with E-state index in [1.54, 1.807) is 24.1 Å². The largest absolute Gasteiger partial charge is 0.381 e. The van der Waals surface area contributed by atoms with Crippen molar-refractivity contribution in [3.8, 4) is 0 Å². The zero-order valence-electron chi connectivity index (χ0n) is 11.4. The van der Waals surface area contributed by atoms with Crippen LogP contribution in [0.2, 0.25) is 10.0 Å². The Hall–Kier alpha value is -0.810. The van der Waals surface area contributed by atoms with Gasteiger partial charge < -0.3 is 15.4 Å². The van der Waals surface area contributed by atoms with Gasteiger partial charge in [-0.15, -0.1) is 0 Å². The van der Waals surface area contributed by atoms with Gasteiger partial charge in [0.1, 0.15) is 0 Å². The van der Waals surface area contributed by atoms with Gasteiger partial charge in [-0.25, -0.2) is 0 Å². The Bertz CT molecular complexity index is 502. The summed E-state index contributed by atoms with van der Waals surface area (Å²) < 4.78 is 5.26.